The highest BCUT2D eigenvalue weighted by Crippen LogP contribution is 2.38. The summed E-state index contributed by atoms with van der Waals surface area (Å²) in [4.78, 5) is 8.48. The fourth-order valence-electron chi connectivity index (χ4n) is 1.76. The molecule has 0 radical (unpaired) electrons. The number of nitrogens with one attached hydrogen (secondary N) is 1. The van der Waals surface area contributed by atoms with Crippen LogP contribution in [-0.4, -0.2) is 21.7 Å². The van der Waals surface area contributed by atoms with Gasteiger partial charge in [0, 0.05) is 18.9 Å². The van der Waals surface area contributed by atoms with E-state index in [0.29, 0.717) is 36.2 Å². The fraction of sp³-hybridized carbons (Fsp3) is 0.385. The lowest BCUT2D eigenvalue weighted by Gasteiger charge is -2.02. The first-order valence-electron chi connectivity index (χ1n) is 6.28. The molecule has 0 saturated heterocycles. The summed E-state index contributed by atoms with van der Waals surface area (Å²) < 4.78 is 5.18. The lowest BCUT2D eigenvalue weighted by molar-refractivity contribution is 0.374. The summed E-state index contributed by atoms with van der Waals surface area (Å²) in [6, 6.07) is 7.31. The van der Waals surface area contributed by atoms with E-state index in [0.717, 1.165) is 18.7 Å². The Balaban J connectivity index is 1.52. The van der Waals surface area contributed by atoms with Crippen molar-refractivity contribution >= 4 is 5.82 Å². The van der Waals surface area contributed by atoms with E-state index in [9.17, 15) is 0 Å². The molecule has 0 aliphatic heterocycles. The molecule has 1 fully saturated rings. The molecule has 2 aromatic rings. The second kappa shape index (κ2) is 5.06. The molecule has 2 aromatic heterocycles. The third kappa shape index (κ3) is 2.88. The number of nitrogens with zero attached hydrogens (tertiary/aromatic N) is 4. The van der Waals surface area contributed by atoms with Crippen LogP contribution in [-0.2, 0) is 6.42 Å². The van der Waals surface area contributed by atoms with Crippen LogP contribution in [0.25, 0.3) is 0 Å². The molecule has 0 spiro atoms. The van der Waals surface area contributed by atoms with E-state index in [1.807, 2.05) is 12.1 Å². The van der Waals surface area contributed by atoms with Crippen LogP contribution in [0.3, 0.4) is 0 Å². The van der Waals surface area contributed by atoms with Gasteiger partial charge in [0.15, 0.2) is 5.82 Å². The molecule has 0 bridgehead atoms. The normalized spacial score (nSPS) is 14.1. The third-order valence-corrected chi connectivity index (χ3v) is 2.93. The number of nitriles is 1. The van der Waals surface area contributed by atoms with E-state index in [4.69, 9.17) is 9.78 Å². The first-order chi connectivity index (χ1) is 9.35. The van der Waals surface area contributed by atoms with Gasteiger partial charge >= 0.3 is 0 Å². The van der Waals surface area contributed by atoms with Gasteiger partial charge in [0.2, 0.25) is 5.89 Å². The van der Waals surface area contributed by atoms with E-state index in [1.165, 1.54) is 0 Å². The second-order valence-corrected chi connectivity index (χ2v) is 4.52. The largest absolute Gasteiger partial charge is 0.370 e. The van der Waals surface area contributed by atoms with E-state index in [2.05, 4.69) is 20.4 Å². The standard InChI is InChI=1S/C13H13N5O/c14-8-10-2-1-3-11(16-10)15-7-6-12-17-13(19-18-12)9-4-5-9/h1-3,9H,4-7H2,(H,15,16). The highest BCUT2D eigenvalue weighted by molar-refractivity contribution is 5.38. The van der Waals surface area contributed by atoms with Crippen LogP contribution in [0.2, 0.25) is 0 Å². The molecule has 0 atom stereocenters. The Kier molecular flexibility index (Phi) is 3.11. The molecule has 3 rings (SSSR count). The van der Waals surface area contributed by atoms with Crippen molar-refractivity contribution in [2.24, 2.45) is 0 Å². The molecule has 0 aromatic carbocycles. The highest BCUT2D eigenvalue weighted by atomic mass is 16.5. The molecule has 2 heterocycles. The van der Waals surface area contributed by atoms with Gasteiger partial charge in [-0.2, -0.15) is 10.2 Å². The summed E-state index contributed by atoms with van der Waals surface area (Å²) in [7, 11) is 0. The predicted octanol–water partition coefficient (Wildman–Crippen LogP) is 1.87. The number of hydrogen-bond donors (Lipinski definition) is 1. The van der Waals surface area contributed by atoms with Crippen molar-refractivity contribution in [2.45, 2.75) is 25.2 Å². The maximum absolute atomic E-state index is 8.75. The molecule has 1 aliphatic rings. The van der Waals surface area contributed by atoms with Crippen LogP contribution in [0, 0.1) is 11.3 Å². The Morgan fingerprint density at radius 1 is 1.37 bits per heavy atom. The first kappa shape index (κ1) is 11.7. The SMILES string of the molecule is N#Cc1cccc(NCCc2noc(C3CC3)n2)n1. The monoisotopic (exact) mass is 255 g/mol. The zero-order valence-corrected chi connectivity index (χ0v) is 10.3. The van der Waals surface area contributed by atoms with Gasteiger partial charge in [0.1, 0.15) is 17.6 Å². The van der Waals surface area contributed by atoms with Crippen molar-refractivity contribution in [3.05, 3.63) is 35.6 Å². The van der Waals surface area contributed by atoms with E-state index in [-0.39, 0.29) is 0 Å². The van der Waals surface area contributed by atoms with Gasteiger partial charge in [-0.1, -0.05) is 11.2 Å². The van der Waals surface area contributed by atoms with Gasteiger partial charge in [-0.05, 0) is 25.0 Å². The smallest absolute Gasteiger partial charge is 0.229 e. The Hall–Kier alpha value is -2.42. The molecule has 1 N–H and O–H groups in total. The quantitative estimate of drug-likeness (QED) is 0.877. The van der Waals surface area contributed by atoms with E-state index >= 15 is 0 Å². The minimum absolute atomic E-state index is 0.403. The maximum Gasteiger partial charge on any atom is 0.229 e. The van der Waals surface area contributed by atoms with Crippen LogP contribution < -0.4 is 5.32 Å². The summed E-state index contributed by atoms with van der Waals surface area (Å²) >= 11 is 0. The molecule has 19 heavy (non-hydrogen) atoms. The minimum Gasteiger partial charge on any atom is -0.370 e. The number of anilines is 1. The first-order valence-corrected chi connectivity index (χ1v) is 6.28. The Bertz CT molecular complexity index is 611. The van der Waals surface area contributed by atoms with Gasteiger partial charge in [-0.15, -0.1) is 0 Å². The van der Waals surface area contributed by atoms with Crippen LogP contribution in [0.5, 0.6) is 0 Å². The Morgan fingerprint density at radius 2 is 2.26 bits per heavy atom. The molecule has 0 amide bonds. The molecular formula is C13H13N5O. The maximum atomic E-state index is 8.75. The Labute approximate surface area is 110 Å². The predicted molar refractivity (Wildman–Crippen MR) is 67.4 cm³/mol. The lowest BCUT2D eigenvalue weighted by Crippen LogP contribution is -2.07. The van der Waals surface area contributed by atoms with Gasteiger partial charge in [-0.25, -0.2) is 4.98 Å². The topological polar surface area (TPSA) is 87.6 Å². The average Bonchev–Trinajstić information content (AvgIpc) is 3.19. The number of pyridine rings is 1. The fourth-order valence-corrected chi connectivity index (χ4v) is 1.76. The van der Waals surface area contributed by atoms with Crippen LogP contribution >= 0.6 is 0 Å². The lowest BCUT2D eigenvalue weighted by atomic mass is 10.3. The van der Waals surface area contributed by atoms with E-state index in [1.54, 1.807) is 12.1 Å². The number of rotatable bonds is 5. The van der Waals surface area contributed by atoms with Gasteiger partial charge < -0.3 is 9.84 Å². The summed E-state index contributed by atoms with van der Waals surface area (Å²) in [5, 5.41) is 15.8. The molecule has 1 aliphatic carbocycles. The van der Waals surface area contributed by atoms with Gasteiger partial charge in [0.25, 0.3) is 0 Å². The van der Waals surface area contributed by atoms with Crippen molar-refractivity contribution in [3.8, 4) is 6.07 Å². The zero-order valence-electron chi connectivity index (χ0n) is 10.3. The number of hydrogen-bond acceptors (Lipinski definition) is 6. The molecule has 1 saturated carbocycles. The van der Waals surface area contributed by atoms with Gasteiger partial charge in [0.05, 0.1) is 0 Å². The van der Waals surface area contributed by atoms with Gasteiger partial charge in [-0.3, -0.25) is 0 Å². The summed E-state index contributed by atoms with van der Waals surface area (Å²) in [6.07, 6.45) is 2.99. The molecule has 6 nitrogen and oxygen atoms in total. The van der Waals surface area contributed by atoms with Crippen LogP contribution in [0.4, 0.5) is 5.82 Å². The summed E-state index contributed by atoms with van der Waals surface area (Å²) in [5.74, 6) is 2.65. The average molecular weight is 255 g/mol. The van der Waals surface area contributed by atoms with Crippen molar-refractivity contribution < 1.29 is 4.52 Å². The molecular weight excluding hydrogens is 242 g/mol. The second-order valence-electron chi connectivity index (χ2n) is 4.52. The van der Waals surface area contributed by atoms with Crippen molar-refractivity contribution in [1.29, 1.82) is 5.26 Å². The van der Waals surface area contributed by atoms with Crippen molar-refractivity contribution in [1.82, 2.24) is 15.1 Å². The van der Waals surface area contributed by atoms with E-state index < -0.39 is 0 Å². The van der Waals surface area contributed by atoms with Crippen LogP contribution in [0.15, 0.2) is 22.7 Å². The molecule has 96 valence electrons. The molecule has 6 heteroatoms. The summed E-state index contributed by atoms with van der Waals surface area (Å²) in [5.41, 5.74) is 0.403. The summed E-state index contributed by atoms with van der Waals surface area (Å²) in [6.45, 7) is 0.658. The third-order valence-electron chi connectivity index (χ3n) is 2.93. The van der Waals surface area contributed by atoms with Crippen molar-refractivity contribution in [2.75, 3.05) is 11.9 Å². The minimum atomic E-state index is 0.403. The number of aromatic nitrogens is 3. The van der Waals surface area contributed by atoms with Crippen LogP contribution in [0.1, 0.15) is 36.2 Å². The molecule has 0 unspecified atom stereocenters. The van der Waals surface area contributed by atoms with Crippen molar-refractivity contribution in [3.63, 3.8) is 0 Å². The Morgan fingerprint density at radius 3 is 3.05 bits per heavy atom. The highest BCUT2D eigenvalue weighted by Gasteiger charge is 2.29. The zero-order chi connectivity index (χ0) is 13.1.